The molecule has 0 aliphatic rings. The molecule has 2 rings (SSSR count). The van der Waals surface area contributed by atoms with Crippen molar-refractivity contribution >= 4 is 15.9 Å². The van der Waals surface area contributed by atoms with Crippen LogP contribution >= 0.6 is 15.9 Å². The third kappa shape index (κ3) is 2.76. The molecule has 0 saturated carbocycles. The van der Waals surface area contributed by atoms with Crippen molar-refractivity contribution in [2.24, 2.45) is 0 Å². The van der Waals surface area contributed by atoms with Gasteiger partial charge in [-0.05, 0) is 36.4 Å². The fourth-order valence-electron chi connectivity index (χ4n) is 1.76. The molecule has 2 aromatic rings. The van der Waals surface area contributed by atoms with E-state index in [1.165, 1.54) is 12.1 Å². The topological polar surface area (TPSA) is 25.2 Å². The summed E-state index contributed by atoms with van der Waals surface area (Å²) in [5, 5.41) is 3.32. The molecule has 90 valence electrons. The lowest BCUT2D eigenvalue weighted by Gasteiger charge is -2.17. The summed E-state index contributed by atoms with van der Waals surface area (Å²) in [6.45, 7) is 2.82. The molecule has 1 heterocycles. The van der Waals surface area contributed by atoms with E-state index in [0.717, 1.165) is 22.3 Å². The first-order valence-corrected chi connectivity index (χ1v) is 6.23. The second-order valence-corrected chi connectivity index (χ2v) is 4.53. The average Bonchev–Trinajstić information content (AvgIpc) is 2.80. The Kier molecular flexibility index (Phi) is 3.97. The van der Waals surface area contributed by atoms with E-state index in [-0.39, 0.29) is 11.9 Å². The first-order valence-electron chi connectivity index (χ1n) is 5.44. The summed E-state index contributed by atoms with van der Waals surface area (Å²) in [6, 6.07) is 8.36. The number of hydrogen-bond acceptors (Lipinski definition) is 2. The van der Waals surface area contributed by atoms with Gasteiger partial charge in [-0.15, -0.1) is 0 Å². The van der Waals surface area contributed by atoms with Crippen molar-refractivity contribution in [1.29, 1.82) is 0 Å². The van der Waals surface area contributed by atoms with E-state index < -0.39 is 0 Å². The largest absolute Gasteiger partial charge is 0.467 e. The van der Waals surface area contributed by atoms with E-state index in [9.17, 15) is 4.39 Å². The molecular weight excluding hydrogens is 285 g/mol. The summed E-state index contributed by atoms with van der Waals surface area (Å²) < 4.78 is 19.2. The third-order valence-electron chi connectivity index (χ3n) is 2.51. The first-order chi connectivity index (χ1) is 8.22. The maximum atomic E-state index is 13.1. The SMILES string of the molecule is CCNC(c1ccco1)c1ccc(F)cc1Br. The Bertz CT molecular complexity index is 484. The van der Waals surface area contributed by atoms with Crippen molar-refractivity contribution in [3.05, 3.63) is 58.2 Å². The van der Waals surface area contributed by atoms with Crippen molar-refractivity contribution in [3.63, 3.8) is 0 Å². The molecule has 0 aliphatic heterocycles. The van der Waals surface area contributed by atoms with Crippen LogP contribution in [0.3, 0.4) is 0 Å². The fraction of sp³-hybridized carbons (Fsp3) is 0.231. The lowest BCUT2D eigenvalue weighted by atomic mass is 10.0. The molecule has 0 spiro atoms. The predicted octanol–water partition coefficient (Wildman–Crippen LogP) is 3.88. The van der Waals surface area contributed by atoms with E-state index in [2.05, 4.69) is 21.2 Å². The molecule has 1 N–H and O–H groups in total. The Hall–Kier alpha value is -1.13. The zero-order valence-corrected chi connectivity index (χ0v) is 11.0. The van der Waals surface area contributed by atoms with Crippen LogP contribution < -0.4 is 5.32 Å². The summed E-state index contributed by atoms with van der Waals surface area (Å²) in [5.41, 5.74) is 0.961. The quantitative estimate of drug-likeness (QED) is 0.926. The summed E-state index contributed by atoms with van der Waals surface area (Å²) in [6.07, 6.45) is 1.64. The molecule has 1 atom stereocenters. The molecule has 0 radical (unpaired) electrons. The fourth-order valence-corrected chi connectivity index (χ4v) is 2.34. The molecule has 0 fully saturated rings. The van der Waals surface area contributed by atoms with Gasteiger partial charge in [-0.25, -0.2) is 4.39 Å². The zero-order chi connectivity index (χ0) is 12.3. The van der Waals surface area contributed by atoms with Gasteiger partial charge in [0.05, 0.1) is 12.3 Å². The number of rotatable bonds is 4. The van der Waals surface area contributed by atoms with Gasteiger partial charge >= 0.3 is 0 Å². The summed E-state index contributed by atoms with van der Waals surface area (Å²) >= 11 is 3.38. The van der Waals surface area contributed by atoms with Crippen molar-refractivity contribution in [3.8, 4) is 0 Å². The highest BCUT2D eigenvalue weighted by Crippen LogP contribution is 2.29. The van der Waals surface area contributed by atoms with Crippen molar-refractivity contribution in [2.45, 2.75) is 13.0 Å². The highest BCUT2D eigenvalue weighted by Gasteiger charge is 2.18. The number of benzene rings is 1. The molecular formula is C13H13BrFNO. The second kappa shape index (κ2) is 5.47. The molecule has 0 bridgehead atoms. The minimum Gasteiger partial charge on any atom is -0.467 e. The van der Waals surface area contributed by atoms with Gasteiger partial charge in [0.15, 0.2) is 0 Å². The smallest absolute Gasteiger partial charge is 0.125 e. The van der Waals surface area contributed by atoms with E-state index in [0.29, 0.717) is 0 Å². The number of halogens is 2. The Morgan fingerprint density at radius 1 is 1.41 bits per heavy atom. The summed E-state index contributed by atoms with van der Waals surface area (Å²) in [4.78, 5) is 0. The summed E-state index contributed by atoms with van der Waals surface area (Å²) in [7, 11) is 0. The van der Waals surface area contributed by atoms with Crippen LogP contribution in [-0.4, -0.2) is 6.54 Å². The normalized spacial score (nSPS) is 12.6. The molecule has 2 nitrogen and oxygen atoms in total. The highest BCUT2D eigenvalue weighted by molar-refractivity contribution is 9.10. The minimum atomic E-state index is -0.254. The van der Waals surface area contributed by atoms with Crippen LogP contribution in [0.1, 0.15) is 24.3 Å². The molecule has 4 heteroatoms. The molecule has 0 amide bonds. The maximum Gasteiger partial charge on any atom is 0.125 e. The van der Waals surface area contributed by atoms with Gasteiger partial charge in [-0.3, -0.25) is 0 Å². The van der Waals surface area contributed by atoms with Gasteiger partial charge in [0.2, 0.25) is 0 Å². The van der Waals surface area contributed by atoms with Gasteiger partial charge in [-0.1, -0.05) is 28.9 Å². The second-order valence-electron chi connectivity index (χ2n) is 3.67. The van der Waals surface area contributed by atoms with Gasteiger partial charge in [-0.2, -0.15) is 0 Å². The van der Waals surface area contributed by atoms with E-state index >= 15 is 0 Å². The predicted molar refractivity (Wildman–Crippen MR) is 68.3 cm³/mol. The third-order valence-corrected chi connectivity index (χ3v) is 3.20. The van der Waals surface area contributed by atoms with Crippen LogP contribution in [0.25, 0.3) is 0 Å². The molecule has 1 aromatic heterocycles. The Balaban J connectivity index is 2.39. The van der Waals surface area contributed by atoms with Crippen LogP contribution in [0.5, 0.6) is 0 Å². The first kappa shape index (κ1) is 12.3. The lowest BCUT2D eigenvalue weighted by Crippen LogP contribution is -2.21. The van der Waals surface area contributed by atoms with E-state index in [1.54, 1.807) is 12.3 Å². The molecule has 0 saturated heterocycles. The maximum absolute atomic E-state index is 13.1. The van der Waals surface area contributed by atoms with Gasteiger partial charge < -0.3 is 9.73 Å². The monoisotopic (exact) mass is 297 g/mol. The van der Waals surface area contributed by atoms with Crippen LogP contribution in [0, 0.1) is 5.82 Å². The minimum absolute atomic E-state index is 0.0648. The Morgan fingerprint density at radius 2 is 2.24 bits per heavy atom. The average molecular weight is 298 g/mol. The van der Waals surface area contributed by atoms with Crippen molar-refractivity contribution < 1.29 is 8.81 Å². The van der Waals surface area contributed by atoms with Crippen molar-refractivity contribution in [2.75, 3.05) is 6.54 Å². The number of nitrogens with one attached hydrogen (secondary N) is 1. The van der Waals surface area contributed by atoms with E-state index in [1.807, 2.05) is 19.1 Å². The molecule has 0 aliphatic carbocycles. The standard InChI is InChI=1S/C13H13BrFNO/c1-2-16-13(12-4-3-7-17-12)10-6-5-9(15)8-11(10)14/h3-8,13,16H,2H2,1H3. The van der Waals surface area contributed by atoms with Gasteiger partial charge in [0.25, 0.3) is 0 Å². The van der Waals surface area contributed by atoms with Crippen molar-refractivity contribution in [1.82, 2.24) is 5.32 Å². The Morgan fingerprint density at radius 3 is 2.82 bits per heavy atom. The zero-order valence-electron chi connectivity index (χ0n) is 9.41. The number of furan rings is 1. The molecule has 1 aromatic carbocycles. The van der Waals surface area contributed by atoms with Crippen LogP contribution in [0.4, 0.5) is 4.39 Å². The Labute approximate surface area is 108 Å². The van der Waals surface area contributed by atoms with E-state index in [4.69, 9.17) is 4.42 Å². The lowest BCUT2D eigenvalue weighted by molar-refractivity contribution is 0.451. The number of hydrogen-bond donors (Lipinski definition) is 1. The molecule has 1 unspecified atom stereocenters. The van der Waals surface area contributed by atoms with Crippen LogP contribution in [0.2, 0.25) is 0 Å². The van der Waals surface area contributed by atoms with Gasteiger partial charge in [0.1, 0.15) is 11.6 Å². The van der Waals surface area contributed by atoms with Crippen LogP contribution in [0.15, 0.2) is 45.5 Å². The summed E-state index contributed by atoms with van der Waals surface area (Å²) in [5.74, 6) is 0.564. The molecule has 17 heavy (non-hydrogen) atoms. The van der Waals surface area contributed by atoms with Gasteiger partial charge in [0, 0.05) is 4.47 Å². The van der Waals surface area contributed by atoms with Crippen LogP contribution in [-0.2, 0) is 0 Å². The highest BCUT2D eigenvalue weighted by atomic mass is 79.9.